The van der Waals surface area contributed by atoms with E-state index in [0.717, 1.165) is 11.8 Å². The van der Waals surface area contributed by atoms with Crippen LogP contribution in [0.5, 0.6) is 0 Å². The van der Waals surface area contributed by atoms with Crippen molar-refractivity contribution in [2.45, 2.75) is 4.90 Å². The number of hydrogen-bond acceptors (Lipinski definition) is 4. The van der Waals surface area contributed by atoms with Crippen molar-refractivity contribution < 1.29 is 23.1 Å². The molecule has 0 aliphatic carbocycles. The molecule has 0 aliphatic heterocycles. The van der Waals surface area contributed by atoms with Gasteiger partial charge < -0.3 is 10.1 Å². The normalized spacial score (nSPS) is 10.2. The van der Waals surface area contributed by atoms with Gasteiger partial charge in [-0.3, -0.25) is 9.59 Å². The van der Waals surface area contributed by atoms with Crippen LogP contribution in [0.2, 0.25) is 0 Å². The summed E-state index contributed by atoms with van der Waals surface area (Å²) < 4.78 is 30.9. The lowest BCUT2D eigenvalue weighted by Crippen LogP contribution is -2.21. The van der Waals surface area contributed by atoms with E-state index in [-0.39, 0.29) is 5.75 Å². The van der Waals surface area contributed by atoms with E-state index in [1.807, 2.05) is 0 Å². The summed E-state index contributed by atoms with van der Waals surface area (Å²) in [5.41, 5.74) is 0.396. The van der Waals surface area contributed by atoms with E-state index in [1.54, 1.807) is 18.2 Å². The molecule has 0 unspecified atom stereocenters. The van der Waals surface area contributed by atoms with Crippen molar-refractivity contribution in [2.75, 3.05) is 17.7 Å². The molecule has 0 aromatic heterocycles. The molecule has 2 rings (SSSR count). The van der Waals surface area contributed by atoms with Gasteiger partial charge in [0.1, 0.15) is 11.6 Å². The molecule has 0 heterocycles. The van der Waals surface area contributed by atoms with E-state index < -0.39 is 30.1 Å². The SMILES string of the molecule is O=C(COC(=O)CSc1ccccc1F)Nc1ccc(F)cc1. The third-order valence-corrected chi connectivity index (χ3v) is 3.70. The van der Waals surface area contributed by atoms with Crippen LogP contribution in [0.4, 0.5) is 14.5 Å². The minimum atomic E-state index is -0.632. The van der Waals surface area contributed by atoms with E-state index in [0.29, 0.717) is 10.6 Å². The average Bonchev–Trinajstić information content (AvgIpc) is 2.54. The summed E-state index contributed by atoms with van der Waals surface area (Å²) in [4.78, 5) is 23.4. The summed E-state index contributed by atoms with van der Waals surface area (Å²) in [5.74, 6) is -2.11. The van der Waals surface area contributed by atoms with E-state index in [4.69, 9.17) is 4.74 Å². The molecular weight excluding hydrogens is 324 g/mol. The predicted octanol–water partition coefficient (Wildman–Crippen LogP) is 3.24. The molecule has 1 N–H and O–H groups in total. The highest BCUT2D eigenvalue weighted by Gasteiger charge is 2.10. The third-order valence-electron chi connectivity index (χ3n) is 2.67. The number of nitrogens with one attached hydrogen (secondary N) is 1. The molecule has 23 heavy (non-hydrogen) atoms. The first-order valence-corrected chi connectivity index (χ1v) is 7.61. The summed E-state index contributed by atoms with van der Waals surface area (Å²) >= 11 is 0.989. The largest absolute Gasteiger partial charge is 0.455 e. The molecule has 4 nitrogen and oxygen atoms in total. The van der Waals surface area contributed by atoms with Crippen molar-refractivity contribution in [3.63, 3.8) is 0 Å². The molecule has 0 atom stereocenters. The van der Waals surface area contributed by atoms with Gasteiger partial charge in [0.05, 0.1) is 5.75 Å². The highest BCUT2D eigenvalue weighted by molar-refractivity contribution is 8.00. The number of thioether (sulfide) groups is 1. The Morgan fingerprint density at radius 1 is 1.04 bits per heavy atom. The maximum absolute atomic E-state index is 13.4. The van der Waals surface area contributed by atoms with Gasteiger partial charge in [-0.1, -0.05) is 12.1 Å². The number of carbonyl (C=O) groups excluding carboxylic acids is 2. The summed E-state index contributed by atoms with van der Waals surface area (Å²) in [6, 6.07) is 11.2. The average molecular weight is 337 g/mol. The van der Waals surface area contributed by atoms with Crippen molar-refractivity contribution in [1.29, 1.82) is 0 Å². The second-order valence-corrected chi connectivity index (χ2v) is 5.45. The van der Waals surface area contributed by atoms with Crippen molar-refractivity contribution in [3.8, 4) is 0 Å². The zero-order chi connectivity index (χ0) is 16.7. The number of ether oxygens (including phenoxy) is 1. The Bertz CT molecular complexity index is 692. The Morgan fingerprint density at radius 2 is 1.74 bits per heavy atom. The molecule has 0 saturated carbocycles. The summed E-state index contributed by atoms with van der Waals surface area (Å²) in [7, 11) is 0. The van der Waals surface area contributed by atoms with Crippen LogP contribution in [0.3, 0.4) is 0 Å². The van der Waals surface area contributed by atoms with Gasteiger partial charge in [0, 0.05) is 10.6 Å². The Morgan fingerprint density at radius 3 is 2.43 bits per heavy atom. The van der Waals surface area contributed by atoms with Crippen molar-refractivity contribution in [3.05, 3.63) is 60.2 Å². The Kier molecular flexibility index (Phi) is 6.10. The van der Waals surface area contributed by atoms with Crippen LogP contribution in [0.25, 0.3) is 0 Å². The summed E-state index contributed by atoms with van der Waals surface area (Å²) in [5, 5.41) is 2.46. The van der Waals surface area contributed by atoms with Gasteiger partial charge in [0.2, 0.25) is 0 Å². The van der Waals surface area contributed by atoms with E-state index >= 15 is 0 Å². The van der Waals surface area contributed by atoms with Gasteiger partial charge in [0.25, 0.3) is 5.91 Å². The quantitative estimate of drug-likeness (QED) is 0.649. The molecule has 0 bridgehead atoms. The predicted molar refractivity (Wildman–Crippen MR) is 83.1 cm³/mol. The molecule has 120 valence electrons. The van der Waals surface area contributed by atoms with Gasteiger partial charge in [-0.05, 0) is 36.4 Å². The number of hydrogen-bond donors (Lipinski definition) is 1. The smallest absolute Gasteiger partial charge is 0.316 e. The summed E-state index contributed by atoms with van der Waals surface area (Å²) in [6.07, 6.45) is 0. The van der Waals surface area contributed by atoms with Gasteiger partial charge in [-0.15, -0.1) is 11.8 Å². The number of amides is 1. The fourth-order valence-electron chi connectivity index (χ4n) is 1.62. The lowest BCUT2D eigenvalue weighted by molar-refractivity contribution is -0.144. The van der Waals surface area contributed by atoms with Crippen LogP contribution < -0.4 is 5.32 Å². The fraction of sp³-hybridized carbons (Fsp3) is 0.125. The standard InChI is InChI=1S/C16H13F2NO3S/c17-11-5-7-12(8-6-11)19-15(20)9-22-16(21)10-23-14-4-2-1-3-13(14)18/h1-8H,9-10H2,(H,19,20). The molecule has 7 heteroatoms. The maximum atomic E-state index is 13.4. The molecule has 2 aromatic carbocycles. The van der Waals surface area contributed by atoms with Gasteiger partial charge in [0.15, 0.2) is 6.61 Å². The molecule has 0 aliphatic rings. The Hall–Kier alpha value is -2.41. The highest BCUT2D eigenvalue weighted by atomic mass is 32.2. The van der Waals surface area contributed by atoms with E-state index in [1.165, 1.54) is 30.3 Å². The molecule has 0 radical (unpaired) electrons. The Balaban J connectivity index is 1.72. The van der Waals surface area contributed by atoms with Crippen molar-refractivity contribution in [1.82, 2.24) is 0 Å². The van der Waals surface area contributed by atoms with Crippen molar-refractivity contribution in [2.24, 2.45) is 0 Å². The number of carbonyl (C=O) groups is 2. The number of benzene rings is 2. The first kappa shape index (κ1) is 17.0. The van der Waals surface area contributed by atoms with Crippen LogP contribution in [-0.4, -0.2) is 24.2 Å². The second kappa shape index (κ2) is 8.28. The fourth-order valence-corrected chi connectivity index (χ4v) is 2.35. The van der Waals surface area contributed by atoms with Gasteiger partial charge in [-0.25, -0.2) is 8.78 Å². The first-order valence-electron chi connectivity index (χ1n) is 6.63. The minimum absolute atomic E-state index is 0.106. The number of esters is 1. The minimum Gasteiger partial charge on any atom is -0.455 e. The topological polar surface area (TPSA) is 55.4 Å². The Labute approximate surface area is 135 Å². The molecule has 2 aromatic rings. The first-order chi connectivity index (χ1) is 11.0. The second-order valence-electron chi connectivity index (χ2n) is 4.43. The van der Waals surface area contributed by atoms with Crippen molar-refractivity contribution >= 4 is 29.3 Å². The lowest BCUT2D eigenvalue weighted by atomic mass is 10.3. The van der Waals surface area contributed by atoms with E-state index in [2.05, 4.69) is 5.32 Å². The van der Waals surface area contributed by atoms with Crippen LogP contribution in [0.1, 0.15) is 0 Å². The zero-order valence-electron chi connectivity index (χ0n) is 11.9. The van der Waals surface area contributed by atoms with Crippen LogP contribution in [-0.2, 0) is 14.3 Å². The number of anilines is 1. The highest BCUT2D eigenvalue weighted by Crippen LogP contribution is 2.21. The molecule has 0 spiro atoms. The van der Waals surface area contributed by atoms with Crippen LogP contribution in [0.15, 0.2) is 53.4 Å². The number of halogens is 2. The maximum Gasteiger partial charge on any atom is 0.316 e. The molecule has 0 saturated heterocycles. The zero-order valence-corrected chi connectivity index (χ0v) is 12.7. The third kappa shape index (κ3) is 5.71. The number of rotatable bonds is 6. The van der Waals surface area contributed by atoms with E-state index in [9.17, 15) is 18.4 Å². The molecular formula is C16H13F2NO3S. The monoisotopic (exact) mass is 337 g/mol. The van der Waals surface area contributed by atoms with Crippen LogP contribution in [0, 0.1) is 11.6 Å². The van der Waals surface area contributed by atoms with Crippen LogP contribution >= 0.6 is 11.8 Å². The molecule has 1 amide bonds. The van der Waals surface area contributed by atoms with Gasteiger partial charge in [-0.2, -0.15) is 0 Å². The lowest BCUT2D eigenvalue weighted by Gasteiger charge is -2.07. The molecule has 0 fully saturated rings. The summed E-state index contributed by atoms with van der Waals surface area (Å²) in [6.45, 7) is -0.464. The van der Waals surface area contributed by atoms with Gasteiger partial charge >= 0.3 is 5.97 Å².